The summed E-state index contributed by atoms with van der Waals surface area (Å²) in [4.78, 5) is 11.1. The summed E-state index contributed by atoms with van der Waals surface area (Å²) in [6, 6.07) is 2.14. The lowest BCUT2D eigenvalue weighted by molar-refractivity contribution is -0.138. The molecule has 2 N–H and O–H groups in total. The van der Waals surface area contributed by atoms with Crippen molar-refractivity contribution < 1.29 is 9.90 Å². The molecule has 1 saturated carbocycles. The maximum Gasteiger partial charge on any atom is 0.305 e. The number of hydrogen-bond acceptors (Lipinski definition) is 5. The van der Waals surface area contributed by atoms with Gasteiger partial charge in [-0.25, -0.2) is 0 Å². The molecule has 1 fully saturated rings. The van der Waals surface area contributed by atoms with Gasteiger partial charge < -0.3 is 10.4 Å². The third-order valence-corrected chi connectivity index (χ3v) is 4.00. The lowest BCUT2D eigenvalue weighted by atomic mass is 9.92. The van der Waals surface area contributed by atoms with Crippen LogP contribution in [0.25, 0.3) is 0 Å². The third-order valence-electron chi connectivity index (χ3n) is 4.00. The number of carbonyl (C=O) groups is 1. The summed E-state index contributed by atoms with van der Waals surface area (Å²) in [6.45, 7) is 3.63. The first-order valence-electron chi connectivity index (χ1n) is 6.71. The second kappa shape index (κ2) is 5.45. The number of carboxylic acids is 1. The molecule has 0 spiro atoms. The molecule has 0 aromatic carbocycles. The van der Waals surface area contributed by atoms with Gasteiger partial charge in [-0.15, -0.1) is 5.10 Å². The highest BCUT2D eigenvalue weighted by Crippen LogP contribution is 2.36. The molecule has 2 rings (SSSR count). The van der Waals surface area contributed by atoms with Crippen molar-refractivity contribution >= 4 is 11.8 Å². The van der Waals surface area contributed by atoms with Gasteiger partial charge in [0.2, 0.25) is 0 Å². The smallest absolute Gasteiger partial charge is 0.305 e. The fourth-order valence-electron chi connectivity index (χ4n) is 2.77. The minimum Gasteiger partial charge on any atom is -0.481 e. The van der Waals surface area contributed by atoms with Crippen LogP contribution in [0, 0.1) is 25.2 Å². The first-order valence-corrected chi connectivity index (χ1v) is 6.71. The van der Waals surface area contributed by atoms with E-state index in [0.717, 1.165) is 31.2 Å². The van der Waals surface area contributed by atoms with Crippen LogP contribution in [0.4, 0.5) is 5.82 Å². The second-order valence-corrected chi connectivity index (χ2v) is 5.43. The summed E-state index contributed by atoms with van der Waals surface area (Å²) in [5.41, 5.74) is 1.45. The maximum absolute atomic E-state index is 11.1. The fraction of sp³-hybridized carbons (Fsp3) is 0.571. The summed E-state index contributed by atoms with van der Waals surface area (Å²) in [7, 11) is 0. The number of aliphatic carboxylic acids is 1. The molecule has 6 heteroatoms. The molecule has 6 nitrogen and oxygen atoms in total. The third kappa shape index (κ3) is 2.72. The van der Waals surface area contributed by atoms with E-state index in [0.29, 0.717) is 17.1 Å². The van der Waals surface area contributed by atoms with Gasteiger partial charge in [-0.3, -0.25) is 4.79 Å². The molecule has 0 atom stereocenters. The van der Waals surface area contributed by atoms with Gasteiger partial charge in [-0.05, 0) is 32.3 Å². The molecule has 106 valence electrons. The normalized spacial score (nSPS) is 16.6. The van der Waals surface area contributed by atoms with Gasteiger partial charge >= 0.3 is 5.97 Å². The number of nitrogens with one attached hydrogen (secondary N) is 1. The van der Waals surface area contributed by atoms with Gasteiger partial charge in [-0.1, -0.05) is 12.8 Å². The number of rotatable bonds is 4. The Labute approximate surface area is 117 Å². The van der Waals surface area contributed by atoms with E-state index < -0.39 is 11.5 Å². The summed E-state index contributed by atoms with van der Waals surface area (Å²) in [5, 5.41) is 29.7. The zero-order valence-electron chi connectivity index (χ0n) is 11.7. The molecule has 1 heterocycles. The number of hydrogen-bond donors (Lipinski definition) is 2. The van der Waals surface area contributed by atoms with Crippen LogP contribution >= 0.6 is 0 Å². The number of aryl methyl sites for hydroxylation is 1. The molecule has 0 aliphatic heterocycles. The highest BCUT2D eigenvalue weighted by molar-refractivity contribution is 5.70. The Morgan fingerprint density at radius 3 is 2.60 bits per heavy atom. The molecule has 0 radical (unpaired) electrons. The predicted octanol–water partition coefficient (Wildman–Crippen LogP) is 2.16. The minimum absolute atomic E-state index is 0.0342. The van der Waals surface area contributed by atoms with Crippen LogP contribution in [-0.4, -0.2) is 26.8 Å². The minimum atomic E-state index is -0.838. The van der Waals surface area contributed by atoms with Crippen molar-refractivity contribution in [3.63, 3.8) is 0 Å². The van der Waals surface area contributed by atoms with E-state index in [1.807, 2.05) is 6.92 Å². The Balaban J connectivity index is 2.35. The van der Waals surface area contributed by atoms with Gasteiger partial charge in [0.05, 0.1) is 12.1 Å². The zero-order valence-corrected chi connectivity index (χ0v) is 11.7. The Bertz CT molecular complexity index is 571. The van der Waals surface area contributed by atoms with E-state index in [2.05, 4.69) is 21.6 Å². The van der Waals surface area contributed by atoms with Crippen molar-refractivity contribution in [2.24, 2.45) is 0 Å². The van der Waals surface area contributed by atoms with Crippen molar-refractivity contribution in [3.05, 3.63) is 16.8 Å². The summed E-state index contributed by atoms with van der Waals surface area (Å²) in [5.74, 6) is -0.437. The SMILES string of the molecule is Cc1nnc(NC2(CC(=O)O)CCCC2)c(C#N)c1C. The lowest BCUT2D eigenvalue weighted by Crippen LogP contribution is -2.38. The monoisotopic (exact) mass is 274 g/mol. The highest BCUT2D eigenvalue weighted by atomic mass is 16.4. The van der Waals surface area contributed by atoms with Crippen LogP contribution in [0.1, 0.15) is 48.9 Å². The molecular weight excluding hydrogens is 256 g/mol. The Morgan fingerprint density at radius 1 is 1.40 bits per heavy atom. The predicted molar refractivity (Wildman–Crippen MR) is 73.3 cm³/mol. The summed E-state index contributed by atoms with van der Waals surface area (Å²) in [6.07, 6.45) is 3.56. The second-order valence-electron chi connectivity index (χ2n) is 5.43. The standard InChI is InChI=1S/C14H18N4O2/c1-9-10(2)17-18-13(11(9)8-15)16-14(7-12(19)20)5-3-4-6-14/h3-7H2,1-2H3,(H,16,18)(H,19,20). The first kappa shape index (κ1) is 14.3. The van der Waals surface area contributed by atoms with E-state index in [4.69, 9.17) is 5.11 Å². The summed E-state index contributed by atoms with van der Waals surface area (Å²) >= 11 is 0. The topological polar surface area (TPSA) is 98.9 Å². The molecule has 20 heavy (non-hydrogen) atoms. The molecule has 0 unspecified atom stereocenters. The fourth-order valence-corrected chi connectivity index (χ4v) is 2.77. The molecular formula is C14H18N4O2. The molecule has 0 bridgehead atoms. The van der Waals surface area contributed by atoms with Crippen molar-refractivity contribution in [1.82, 2.24) is 10.2 Å². The zero-order chi connectivity index (χ0) is 14.8. The van der Waals surface area contributed by atoms with Gasteiger partial charge in [0, 0.05) is 5.54 Å². The van der Waals surface area contributed by atoms with Crippen LogP contribution in [0.2, 0.25) is 0 Å². The van der Waals surface area contributed by atoms with E-state index in [1.165, 1.54) is 0 Å². The number of nitrogens with zero attached hydrogens (tertiary/aromatic N) is 3. The average Bonchev–Trinajstić information content (AvgIpc) is 2.82. The van der Waals surface area contributed by atoms with Crippen LogP contribution in [-0.2, 0) is 4.79 Å². The van der Waals surface area contributed by atoms with E-state index in [9.17, 15) is 10.1 Å². The largest absolute Gasteiger partial charge is 0.481 e. The van der Waals surface area contributed by atoms with Gasteiger partial charge in [0.1, 0.15) is 11.6 Å². The Hall–Kier alpha value is -2.16. The molecule has 1 aliphatic carbocycles. The van der Waals surface area contributed by atoms with Crippen molar-refractivity contribution in [1.29, 1.82) is 5.26 Å². The Kier molecular flexibility index (Phi) is 3.89. The van der Waals surface area contributed by atoms with E-state index in [1.54, 1.807) is 6.92 Å². The van der Waals surface area contributed by atoms with Crippen molar-refractivity contribution in [3.8, 4) is 6.07 Å². The van der Waals surface area contributed by atoms with Crippen molar-refractivity contribution in [2.45, 2.75) is 51.5 Å². The number of anilines is 1. The number of nitriles is 1. The van der Waals surface area contributed by atoms with Crippen LogP contribution < -0.4 is 5.32 Å². The first-order chi connectivity index (χ1) is 9.47. The average molecular weight is 274 g/mol. The maximum atomic E-state index is 11.1. The molecule has 1 aliphatic rings. The van der Waals surface area contributed by atoms with Crippen LogP contribution in [0.15, 0.2) is 0 Å². The molecule has 0 saturated heterocycles. The number of aromatic nitrogens is 2. The van der Waals surface area contributed by atoms with Gasteiger partial charge in [0.25, 0.3) is 0 Å². The highest BCUT2D eigenvalue weighted by Gasteiger charge is 2.37. The van der Waals surface area contributed by atoms with E-state index >= 15 is 0 Å². The number of carboxylic acid groups (broad SMARTS) is 1. The van der Waals surface area contributed by atoms with Crippen molar-refractivity contribution in [2.75, 3.05) is 5.32 Å². The lowest BCUT2D eigenvalue weighted by Gasteiger charge is -2.29. The van der Waals surface area contributed by atoms with E-state index in [-0.39, 0.29) is 6.42 Å². The molecule has 0 amide bonds. The molecule has 1 aromatic heterocycles. The van der Waals surface area contributed by atoms with Gasteiger partial charge in [-0.2, -0.15) is 10.4 Å². The van der Waals surface area contributed by atoms with Gasteiger partial charge in [0.15, 0.2) is 5.82 Å². The summed E-state index contributed by atoms with van der Waals surface area (Å²) < 4.78 is 0. The molecule has 1 aromatic rings. The van der Waals surface area contributed by atoms with Crippen LogP contribution in [0.5, 0.6) is 0 Å². The quantitative estimate of drug-likeness (QED) is 0.873. The van der Waals surface area contributed by atoms with Crippen LogP contribution in [0.3, 0.4) is 0 Å². The Morgan fingerprint density at radius 2 is 2.05 bits per heavy atom.